The van der Waals surface area contributed by atoms with Crippen LogP contribution in [0.3, 0.4) is 0 Å². The van der Waals surface area contributed by atoms with Gasteiger partial charge in [0.05, 0.1) is 18.2 Å². The lowest BCUT2D eigenvalue weighted by atomic mass is 9.95. The van der Waals surface area contributed by atoms with Crippen molar-refractivity contribution in [3.05, 3.63) is 131 Å². The van der Waals surface area contributed by atoms with Gasteiger partial charge in [-0.05, 0) is 78.2 Å². The van der Waals surface area contributed by atoms with E-state index in [2.05, 4.69) is 17.1 Å². The minimum atomic E-state index is -1.02. The second-order valence-corrected chi connectivity index (χ2v) is 12.8. The van der Waals surface area contributed by atoms with E-state index in [0.29, 0.717) is 45.1 Å². The number of hydrogen-bond acceptors (Lipinski definition) is 9. The molecule has 1 aromatic heterocycles. The van der Waals surface area contributed by atoms with Gasteiger partial charge in [-0.15, -0.1) is 10.2 Å². The second kappa shape index (κ2) is 14.6. The number of hydrogen-bond donors (Lipinski definition) is 1. The Kier molecular flexibility index (Phi) is 9.94. The molecular weight excluding hydrogens is 638 g/mol. The molecule has 6 rings (SSSR count). The highest BCUT2D eigenvalue weighted by Crippen LogP contribution is 2.45. The van der Waals surface area contributed by atoms with Crippen LogP contribution >= 0.6 is 23.1 Å². The van der Waals surface area contributed by atoms with Gasteiger partial charge >= 0.3 is 5.91 Å². The van der Waals surface area contributed by atoms with Crippen molar-refractivity contribution < 1.29 is 28.6 Å². The Labute approximate surface area is 279 Å². The molecule has 1 atom stereocenters. The van der Waals surface area contributed by atoms with Crippen molar-refractivity contribution in [3.8, 4) is 17.2 Å². The molecule has 1 aliphatic rings. The van der Waals surface area contributed by atoms with Gasteiger partial charge in [-0.1, -0.05) is 78.9 Å². The SMILES string of the molecule is CCCCOc1ccc(C(O)=C2C(=O)C(=O)N(c3nnc(SCc4ccc(F)cc4)s3)[C@@H]2c2cccc(Oc3ccccc3)c2)cc1. The number of para-hydroxylation sites is 1. The molecule has 0 saturated carbocycles. The summed E-state index contributed by atoms with van der Waals surface area (Å²) in [5.41, 5.74) is 1.71. The van der Waals surface area contributed by atoms with Gasteiger partial charge in [0.15, 0.2) is 4.34 Å². The van der Waals surface area contributed by atoms with Gasteiger partial charge in [-0.3, -0.25) is 14.5 Å². The van der Waals surface area contributed by atoms with Crippen molar-refractivity contribution in [1.82, 2.24) is 10.2 Å². The molecule has 0 radical (unpaired) electrons. The number of carbonyl (C=O) groups is 2. The Morgan fingerprint density at radius 1 is 0.915 bits per heavy atom. The third-order valence-electron chi connectivity index (χ3n) is 7.37. The van der Waals surface area contributed by atoms with Crippen molar-refractivity contribution in [1.29, 1.82) is 0 Å². The lowest BCUT2D eigenvalue weighted by Crippen LogP contribution is -2.29. The van der Waals surface area contributed by atoms with Crippen LogP contribution in [-0.4, -0.2) is 33.6 Å². The Hall–Kier alpha value is -5.00. The quantitative estimate of drug-likeness (QED) is 0.0353. The summed E-state index contributed by atoms with van der Waals surface area (Å²) in [6.45, 7) is 2.65. The largest absolute Gasteiger partial charge is 0.507 e. The molecule has 1 fully saturated rings. The maximum absolute atomic E-state index is 13.7. The highest BCUT2D eigenvalue weighted by Gasteiger charge is 2.48. The van der Waals surface area contributed by atoms with Gasteiger partial charge in [-0.2, -0.15) is 0 Å². The predicted molar refractivity (Wildman–Crippen MR) is 180 cm³/mol. The van der Waals surface area contributed by atoms with Crippen LogP contribution in [0.1, 0.15) is 42.5 Å². The Bertz CT molecular complexity index is 1900. The van der Waals surface area contributed by atoms with Gasteiger partial charge in [0, 0.05) is 11.3 Å². The summed E-state index contributed by atoms with van der Waals surface area (Å²) >= 11 is 2.53. The third kappa shape index (κ3) is 7.37. The molecule has 2 heterocycles. The van der Waals surface area contributed by atoms with E-state index in [1.807, 2.05) is 30.3 Å². The molecule has 238 valence electrons. The fourth-order valence-electron chi connectivity index (χ4n) is 5.00. The highest BCUT2D eigenvalue weighted by atomic mass is 32.2. The number of halogens is 1. The zero-order valence-corrected chi connectivity index (χ0v) is 27.0. The zero-order valence-electron chi connectivity index (χ0n) is 25.3. The van der Waals surface area contributed by atoms with Crippen LogP contribution in [0.4, 0.5) is 9.52 Å². The zero-order chi connectivity index (χ0) is 32.8. The van der Waals surface area contributed by atoms with Crippen molar-refractivity contribution in [2.45, 2.75) is 35.9 Å². The van der Waals surface area contributed by atoms with Gasteiger partial charge in [0.2, 0.25) is 5.13 Å². The van der Waals surface area contributed by atoms with Gasteiger partial charge in [0.1, 0.15) is 28.8 Å². The Morgan fingerprint density at radius 2 is 1.66 bits per heavy atom. The van der Waals surface area contributed by atoms with Crippen LogP contribution in [0.25, 0.3) is 5.76 Å². The molecular formula is C36H30FN3O5S2. The summed E-state index contributed by atoms with van der Waals surface area (Å²) in [5.74, 6) is -0.0706. The average molecular weight is 668 g/mol. The number of ketones is 1. The van der Waals surface area contributed by atoms with Gasteiger partial charge in [0.25, 0.3) is 5.78 Å². The standard InChI is InChI=1S/C36H30FN3O5S2/c1-2-3-20-44-27-18-14-24(15-19-27)32(41)30-31(25-8-7-11-29(21-25)45-28-9-5-4-6-10-28)40(34(43)33(30)42)35-38-39-36(47-35)46-22-23-12-16-26(37)17-13-23/h4-19,21,31,41H,2-3,20,22H2,1H3/t31-/m1/s1. The minimum Gasteiger partial charge on any atom is -0.507 e. The van der Waals surface area contributed by atoms with E-state index in [-0.39, 0.29) is 22.3 Å². The minimum absolute atomic E-state index is 0.0813. The number of aliphatic hydroxyl groups excluding tert-OH is 1. The Morgan fingerprint density at radius 3 is 2.40 bits per heavy atom. The van der Waals surface area contributed by atoms with Gasteiger partial charge < -0.3 is 14.6 Å². The van der Waals surface area contributed by atoms with E-state index in [1.54, 1.807) is 60.7 Å². The van der Waals surface area contributed by atoms with Crippen LogP contribution in [0.2, 0.25) is 0 Å². The predicted octanol–water partition coefficient (Wildman–Crippen LogP) is 8.57. The number of rotatable bonds is 12. The van der Waals surface area contributed by atoms with E-state index in [9.17, 15) is 19.1 Å². The number of unbranched alkanes of at least 4 members (excludes halogenated alkanes) is 1. The lowest BCUT2D eigenvalue weighted by Gasteiger charge is -2.23. The van der Waals surface area contributed by atoms with E-state index >= 15 is 0 Å². The molecule has 0 spiro atoms. The van der Waals surface area contributed by atoms with E-state index in [4.69, 9.17) is 9.47 Å². The molecule has 5 aromatic rings. The first-order valence-corrected chi connectivity index (χ1v) is 16.8. The van der Waals surface area contributed by atoms with Crippen molar-refractivity contribution in [2.24, 2.45) is 0 Å². The van der Waals surface area contributed by atoms with Crippen molar-refractivity contribution >= 4 is 45.7 Å². The number of nitrogens with zero attached hydrogens (tertiary/aromatic N) is 3. The fraction of sp³-hybridized carbons (Fsp3) is 0.167. The second-order valence-electron chi connectivity index (χ2n) is 10.6. The first-order valence-electron chi connectivity index (χ1n) is 15.0. The molecule has 0 unspecified atom stereocenters. The lowest BCUT2D eigenvalue weighted by molar-refractivity contribution is -0.132. The number of carbonyl (C=O) groups excluding carboxylic acids is 2. The van der Waals surface area contributed by atoms with E-state index in [0.717, 1.165) is 29.7 Å². The van der Waals surface area contributed by atoms with E-state index in [1.165, 1.54) is 28.8 Å². The summed E-state index contributed by atoms with van der Waals surface area (Å²) in [5, 5.41) is 20.3. The molecule has 11 heteroatoms. The summed E-state index contributed by atoms with van der Waals surface area (Å²) in [7, 11) is 0. The molecule has 0 bridgehead atoms. The fourth-order valence-corrected chi connectivity index (χ4v) is 6.82. The molecule has 8 nitrogen and oxygen atoms in total. The highest BCUT2D eigenvalue weighted by molar-refractivity contribution is 8.00. The van der Waals surface area contributed by atoms with Crippen LogP contribution in [0.5, 0.6) is 17.2 Å². The molecule has 0 aliphatic carbocycles. The van der Waals surface area contributed by atoms with Crippen LogP contribution in [-0.2, 0) is 15.3 Å². The maximum Gasteiger partial charge on any atom is 0.301 e. The molecule has 1 aliphatic heterocycles. The van der Waals surface area contributed by atoms with Crippen molar-refractivity contribution in [2.75, 3.05) is 11.5 Å². The third-order valence-corrected chi connectivity index (χ3v) is 9.50. The van der Waals surface area contributed by atoms with Crippen LogP contribution in [0, 0.1) is 5.82 Å². The Balaban J connectivity index is 1.36. The number of benzene rings is 4. The molecule has 47 heavy (non-hydrogen) atoms. The van der Waals surface area contributed by atoms with Crippen molar-refractivity contribution in [3.63, 3.8) is 0 Å². The molecule has 1 amide bonds. The van der Waals surface area contributed by atoms with Gasteiger partial charge in [-0.25, -0.2) is 4.39 Å². The summed E-state index contributed by atoms with van der Waals surface area (Å²) in [4.78, 5) is 28.7. The smallest absolute Gasteiger partial charge is 0.301 e. The number of Topliss-reactive ketones (excluding diaryl/α,β-unsaturated/α-hetero) is 1. The number of anilines is 1. The van der Waals surface area contributed by atoms with E-state index < -0.39 is 17.7 Å². The number of ether oxygens (including phenoxy) is 2. The maximum atomic E-state index is 13.7. The number of aliphatic hydroxyl groups is 1. The molecule has 1 saturated heterocycles. The summed E-state index contributed by atoms with van der Waals surface area (Å²) in [6, 6.07) is 28.2. The van der Waals surface area contributed by atoms with Crippen LogP contribution in [0.15, 0.2) is 113 Å². The number of thioether (sulfide) groups is 1. The molecule has 1 N–H and O–H groups in total. The average Bonchev–Trinajstić information content (AvgIpc) is 3.66. The first kappa shape index (κ1) is 32.0. The number of amides is 1. The number of aromatic nitrogens is 2. The normalized spacial score (nSPS) is 15.6. The monoisotopic (exact) mass is 667 g/mol. The topological polar surface area (TPSA) is 102 Å². The molecule has 4 aromatic carbocycles. The van der Waals surface area contributed by atoms with Crippen LogP contribution < -0.4 is 14.4 Å². The summed E-state index contributed by atoms with van der Waals surface area (Å²) < 4.78 is 25.7. The first-order chi connectivity index (χ1) is 22.9. The summed E-state index contributed by atoms with van der Waals surface area (Å²) in [6.07, 6.45) is 1.91.